The van der Waals surface area contributed by atoms with Crippen molar-refractivity contribution >= 4 is 104 Å². The average Bonchev–Trinajstić information content (AvgIpc) is 0.700. The molecule has 0 radical (unpaired) electrons. The predicted molar refractivity (Wildman–Crippen MR) is 393 cm³/mol. The minimum Gasteiger partial charge on any atom is -0.458 e. The quantitative estimate of drug-likeness (QED) is 0.120. The van der Waals surface area contributed by atoms with Gasteiger partial charge in [-0.25, -0.2) is 0 Å². The predicted octanol–water partition coefficient (Wildman–Crippen LogP) is 19.7. The van der Waals surface area contributed by atoms with Crippen LogP contribution >= 0.6 is 11.8 Å². The molecule has 4 heterocycles. The molecule has 0 saturated heterocycles. The second-order valence-electron chi connectivity index (χ2n) is 25.0. The first-order valence-electron chi connectivity index (χ1n) is 32.5. The molecule has 12 aromatic carbocycles. The minimum absolute atomic E-state index is 0.0368. The maximum Gasteiger partial charge on any atom is 0.255 e. The summed E-state index contributed by atoms with van der Waals surface area (Å²) in [7, 11) is 0. The number of anilines is 10. The van der Waals surface area contributed by atoms with Gasteiger partial charge in [-0.1, -0.05) is 242 Å². The Kier molecular flexibility index (Phi) is 13.5. The molecular weight excluding hydrogens is 1150 g/mol. The number of benzene rings is 12. The molecular formula is C85H62B2N4OS. The summed E-state index contributed by atoms with van der Waals surface area (Å²) >= 11 is 2.04. The molecule has 3 atom stereocenters. The van der Waals surface area contributed by atoms with Gasteiger partial charge in [0, 0.05) is 73.0 Å². The molecule has 0 spiro atoms. The van der Waals surface area contributed by atoms with E-state index >= 15 is 0 Å². The molecule has 12 aromatic rings. The van der Waals surface area contributed by atoms with E-state index in [2.05, 4.69) is 354 Å². The lowest BCUT2D eigenvalue weighted by atomic mass is 9.27. The van der Waals surface area contributed by atoms with Crippen LogP contribution in [0.1, 0.15) is 12.0 Å². The van der Waals surface area contributed by atoms with Gasteiger partial charge in [0.1, 0.15) is 11.5 Å². The highest BCUT2D eigenvalue weighted by atomic mass is 32.2. The van der Waals surface area contributed by atoms with Crippen LogP contribution in [0.25, 0.3) is 33.4 Å². The third kappa shape index (κ3) is 9.33. The van der Waals surface area contributed by atoms with Crippen LogP contribution in [0.4, 0.5) is 56.9 Å². The van der Waals surface area contributed by atoms with Gasteiger partial charge in [0.25, 0.3) is 6.71 Å². The smallest absolute Gasteiger partial charge is 0.255 e. The summed E-state index contributed by atoms with van der Waals surface area (Å²) in [5.41, 5.74) is 27.1. The minimum atomic E-state index is -0.144. The number of nitrogens with zero attached hydrogens (tertiary/aromatic N) is 4. The lowest BCUT2D eigenvalue weighted by molar-refractivity contribution is 0.487. The van der Waals surface area contributed by atoms with E-state index in [1.54, 1.807) is 0 Å². The summed E-state index contributed by atoms with van der Waals surface area (Å²) in [6, 6.07) is 107. The second kappa shape index (κ2) is 22.8. The fourth-order valence-corrected chi connectivity index (χ4v) is 17.1. The van der Waals surface area contributed by atoms with Crippen LogP contribution in [0.3, 0.4) is 0 Å². The van der Waals surface area contributed by atoms with Gasteiger partial charge in [0.2, 0.25) is 6.71 Å². The van der Waals surface area contributed by atoms with Crippen molar-refractivity contribution in [2.45, 2.75) is 35.3 Å². The van der Waals surface area contributed by atoms with Gasteiger partial charge in [-0.15, -0.1) is 11.8 Å². The Labute approximate surface area is 549 Å². The van der Waals surface area contributed by atoms with Crippen LogP contribution in [-0.2, 0) is 0 Å². The Hall–Kier alpha value is -10.9. The first kappa shape index (κ1) is 55.0. The van der Waals surface area contributed by atoms with Crippen LogP contribution in [0, 0.1) is 6.92 Å². The third-order valence-electron chi connectivity index (χ3n) is 19.7. The molecule has 6 aliphatic rings. The van der Waals surface area contributed by atoms with Crippen molar-refractivity contribution in [2.75, 3.05) is 19.6 Å². The topological polar surface area (TPSA) is 22.2 Å². The summed E-state index contributed by atoms with van der Waals surface area (Å²) in [5, 5.41) is 0.0368. The zero-order valence-electron chi connectivity index (χ0n) is 51.4. The molecule has 440 valence electrons. The molecule has 0 N–H and O–H groups in total. The highest BCUT2D eigenvalue weighted by Crippen LogP contribution is 2.56. The van der Waals surface area contributed by atoms with Gasteiger partial charge in [-0.3, -0.25) is 0 Å². The number of hydrogen-bond donors (Lipinski definition) is 0. The lowest BCUT2D eigenvalue weighted by Gasteiger charge is -2.50. The number of thioether (sulfide) groups is 1. The molecule has 0 fully saturated rings. The van der Waals surface area contributed by atoms with Gasteiger partial charge >= 0.3 is 0 Å². The van der Waals surface area contributed by atoms with Crippen molar-refractivity contribution in [1.82, 2.24) is 0 Å². The number of rotatable bonds is 11. The van der Waals surface area contributed by atoms with Gasteiger partial charge in [-0.05, 0) is 159 Å². The molecule has 0 bridgehead atoms. The van der Waals surface area contributed by atoms with Crippen LogP contribution in [-0.4, -0.2) is 24.7 Å². The van der Waals surface area contributed by atoms with Crippen molar-refractivity contribution in [1.29, 1.82) is 0 Å². The fourth-order valence-electron chi connectivity index (χ4n) is 15.7. The first-order chi connectivity index (χ1) is 46.1. The third-order valence-corrected chi connectivity index (χ3v) is 21.0. The Morgan fingerprint density at radius 2 is 1.02 bits per heavy atom. The van der Waals surface area contributed by atoms with E-state index in [0.29, 0.717) is 0 Å². The summed E-state index contributed by atoms with van der Waals surface area (Å²) in [5.74, 6) is 1.83. The number of aryl methyl sites for hydroxylation is 1. The molecule has 0 amide bonds. The van der Waals surface area contributed by atoms with E-state index in [0.717, 1.165) is 85.7 Å². The Morgan fingerprint density at radius 3 is 1.74 bits per heavy atom. The zero-order chi connectivity index (χ0) is 61.5. The molecule has 8 heteroatoms. The highest BCUT2D eigenvalue weighted by molar-refractivity contribution is 8.00. The van der Waals surface area contributed by atoms with E-state index in [1.165, 1.54) is 66.0 Å². The van der Waals surface area contributed by atoms with Crippen molar-refractivity contribution < 1.29 is 4.74 Å². The molecule has 2 aliphatic carbocycles. The van der Waals surface area contributed by atoms with Crippen LogP contribution in [0.2, 0.25) is 5.82 Å². The Bertz CT molecular complexity index is 4980. The molecule has 0 saturated carbocycles. The van der Waals surface area contributed by atoms with Gasteiger partial charge in [0.05, 0.1) is 17.4 Å². The van der Waals surface area contributed by atoms with Crippen molar-refractivity contribution in [3.05, 3.63) is 344 Å². The monoisotopic (exact) mass is 1210 g/mol. The van der Waals surface area contributed by atoms with Crippen LogP contribution < -0.4 is 46.2 Å². The maximum atomic E-state index is 7.47. The van der Waals surface area contributed by atoms with Crippen LogP contribution in [0.5, 0.6) is 11.5 Å². The SMILES string of the molecule is Cc1cccc(-c2ccccc2)c1N1C2=CC3Sc4cc(N(c5ccccc5)c5ccccc5)cc5c4B(c4ccccc4N5C4C=CC=CC4)C3C=C2B2c3ccccc3Oc3cc(N(c4ccc(-c5ccccc5)cc4)c4cccc(-c5ccccc5)c4)cc1c32. The normalized spacial score (nSPS) is 16.7. The summed E-state index contributed by atoms with van der Waals surface area (Å²) in [6.45, 7) is 2.20. The van der Waals surface area contributed by atoms with Crippen molar-refractivity contribution in [3.63, 3.8) is 0 Å². The standard InChI is InChI=1S/C85H62B2N4OS/c1-57-26-24-41-70(61-31-12-4-13-32-61)85(57)91-76-56-81-74(86-71-42-20-22-44-75(71)90(65-38-18-7-19-39-65)78-52-69(54-82(93-81)84(78)86)88(63-34-14-5-15-35-63)64-36-16-6-17-37-64)55-73(76)87-72-43-21-23-45-79(72)92-80-53-68(51-77(91)83(80)87)89(66-48-46-60(47-49-66)58-27-8-2-9-28-58)67-40-25-33-62(50-67)59-29-10-3-11-30-59/h2-38,40-56,65,74,81H,39H2,1H3. The first-order valence-corrected chi connectivity index (χ1v) is 33.4. The largest absolute Gasteiger partial charge is 0.458 e. The van der Waals surface area contributed by atoms with Gasteiger partial charge in [-0.2, -0.15) is 0 Å². The Balaban J connectivity index is 0.891. The van der Waals surface area contributed by atoms with Gasteiger partial charge in [0.15, 0.2) is 0 Å². The average molecular weight is 1210 g/mol. The number of para-hydroxylation sites is 5. The summed E-state index contributed by atoms with van der Waals surface area (Å²) in [6.07, 6.45) is 15.5. The fraction of sp³-hybridized carbons (Fsp3) is 0.0588. The number of fused-ring (bicyclic) bond motifs is 8. The van der Waals surface area contributed by atoms with Crippen molar-refractivity contribution in [3.8, 4) is 44.9 Å². The number of ether oxygens (including phenoxy) is 1. The molecule has 5 nitrogen and oxygen atoms in total. The molecule has 3 unspecified atom stereocenters. The molecule has 4 aliphatic heterocycles. The van der Waals surface area contributed by atoms with E-state index in [9.17, 15) is 0 Å². The van der Waals surface area contributed by atoms with E-state index in [-0.39, 0.29) is 30.5 Å². The van der Waals surface area contributed by atoms with E-state index < -0.39 is 0 Å². The molecule has 18 rings (SSSR count). The maximum absolute atomic E-state index is 7.47. The highest BCUT2D eigenvalue weighted by Gasteiger charge is 2.52. The lowest BCUT2D eigenvalue weighted by Crippen LogP contribution is -2.60. The van der Waals surface area contributed by atoms with Crippen molar-refractivity contribution in [2.24, 2.45) is 0 Å². The number of hydrogen-bond acceptors (Lipinski definition) is 6. The Morgan fingerprint density at radius 1 is 0.441 bits per heavy atom. The summed E-state index contributed by atoms with van der Waals surface area (Å²) < 4.78 is 7.47. The summed E-state index contributed by atoms with van der Waals surface area (Å²) in [4.78, 5) is 11.5. The zero-order valence-corrected chi connectivity index (χ0v) is 52.2. The number of allylic oxidation sites excluding steroid dienone is 4. The van der Waals surface area contributed by atoms with Crippen LogP contribution in [0.15, 0.2) is 344 Å². The molecule has 93 heavy (non-hydrogen) atoms. The van der Waals surface area contributed by atoms with E-state index in [1.807, 2.05) is 11.8 Å². The molecule has 0 aromatic heterocycles. The van der Waals surface area contributed by atoms with Gasteiger partial charge < -0.3 is 24.3 Å². The second-order valence-corrected chi connectivity index (χ2v) is 26.2. The van der Waals surface area contributed by atoms with E-state index in [4.69, 9.17) is 4.74 Å².